The number of amides is 1. The van der Waals surface area contributed by atoms with Crippen LogP contribution in [0.5, 0.6) is 17.4 Å². The molecule has 1 aromatic heterocycles. The highest BCUT2D eigenvalue weighted by molar-refractivity contribution is 5.94. The van der Waals surface area contributed by atoms with E-state index >= 15 is 0 Å². The quantitative estimate of drug-likeness (QED) is 0.535. The van der Waals surface area contributed by atoms with Crippen molar-refractivity contribution in [2.24, 2.45) is 0 Å². The van der Waals surface area contributed by atoms with Gasteiger partial charge in [0, 0.05) is 24.4 Å². The number of hydrogen-bond donors (Lipinski definition) is 1. The molecule has 3 aromatic rings. The summed E-state index contributed by atoms with van der Waals surface area (Å²) in [6.07, 6.45) is 3.79. The van der Waals surface area contributed by atoms with Crippen LogP contribution in [0, 0.1) is 0 Å². The molecule has 0 radical (unpaired) electrons. The molecule has 0 atom stereocenters. The van der Waals surface area contributed by atoms with Crippen molar-refractivity contribution in [3.05, 3.63) is 84.1 Å². The van der Waals surface area contributed by atoms with Gasteiger partial charge in [-0.1, -0.05) is 31.5 Å². The smallest absolute Gasteiger partial charge is 0.251 e. The number of nitrogens with zero attached hydrogens (tertiary/aromatic N) is 1. The van der Waals surface area contributed by atoms with Crippen LogP contribution >= 0.6 is 0 Å². The Hall–Kier alpha value is -3.34. The minimum atomic E-state index is -0.129. The van der Waals surface area contributed by atoms with Crippen LogP contribution in [0.25, 0.3) is 0 Å². The zero-order chi connectivity index (χ0) is 19.6. The second-order valence-electron chi connectivity index (χ2n) is 6.33. The van der Waals surface area contributed by atoms with Crippen LogP contribution < -0.4 is 14.8 Å². The highest BCUT2D eigenvalue weighted by Crippen LogP contribution is 2.20. The number of ether oxygens (including phenoxy) is 2. The predicted molar refractivity (Wildman–Crippen MR) is 109 cm³/mol. The minimum Gasteiger partial charge on any atom is -0.494 e. The molecule has 0 aliphatic rings. The number of rotatable bonds is 9. The lowest BCUT2D eigenvalue weighted by Gasteiger charge is -2.09. The first kappa shape index (κ1) is 19.4. The Morgan fingerprint density at radius 3 is 2.61 bits per heavy atom. The van der Waals surface area contributed by atoms with Gasteiger partial charge in [0.25, 0.3) is 5.91 Å². The summed E-state index contributed by atoms with van der Waals surface area (Å²) in [4.78, 5) is 16.5. The fraction of sp³-hybridized carbons (Fsp3) is 0.217. The van der Waals surface area contributed by atoms with Crippen molar-refractivity contribution >= 4 is 5.91 Å². The lowest BCUT2D eigenvalue weighted by molar-refractivity contribution is 0.0951. The molecule has 0 spiro atoms. The molecule has 5 heteroatoms. The Kier molecular flexibility index (Phi) is 7.01. The molecule has 0 saturated carbocycles. The second kappa shape index (κ2) is 10.1. The van der Waals surface area contributed by atoms with Gasteiger partial charge in [-0.15, -0.1) is 0 Å². The van der Waals surface area contributed by atoms with Crippen molar-refractivity contribution in [3.63, 3.8) is 0 Å². The molecule has 0 aliphatic heterocycles. The maximum absolute atomic E-state index is 12.4. The molecule has 1 N–H and O–H groups in total. The molecule has 28 heavy (non-hydrogen) atoms. The highest BCUT2D eigenvalue weighted by atomic mass is 16.5. The molecule has 144 valence electrons. The lowest BCUT2D eigenvalue weighted by atomic mass is 10.2. The molecule has 0 fully saturated rings. The van der Waals surface area contributed by atoms with E-state index in [1.807, 2.05) is 48.5 Å². The van der Waals surface area contributed by atoms with E-state index < -0.39 is 0 Å². The van der Waals surface area contributed by atoms with Gasteiger partial charge in [0.15, 0.2) is 0 Å². The first-order chi connectivity index (χ1) is 13.7. The SMILES string of the molecule is CCCCOc1ccc(C(=O)NCc2cccc(Oc3ccccn3)c2)cc1. The average Bonchev–Trinajstić information content (AvgIpc) is 2.74. The summed E-state index contributed by atoms with van der Waals surface area (Å²) >= 11 is 0. The number of nitrogens with one attached hydrogen (secondary N) is 1. The molecule has 3 rings (SSSR count). The first-order valence-electron chi connectivity index (χ1n) is 9.43. The Bertz CT molecular complexity index is 880. The van der Waals surface area contributed by atoms with Crippen LogP contribution in [0.3, 0.4) is 0 Å². The minimum absolute atomic E-state index is 0.129. The maximum atomic E-state index is 12.4. The van der Waals surface area contributed by atoms with E-state index in [0.29, 0.717) is 30.3 Å². The van der Waals surface area contributed by atoms with Crippen molar-refractivity contribution < 1.29 is 14.3 Å². The monoisotopic (exact) mass is 376 g/mol. The summed E-state index contributed by atoms with van der Waals surface area (Å²) in [5.41, 5.74) is 1.55. The van der Waals surface area contributed by atoms with E-state index in [4.69, 9.17) is 9.47 Å². The van der Waals surface area contributed by atoms with Crippen molar-refractivity contribution in [1.29, 1.82) is 0 Å². The third-order valence-corrected chi connectivity index (χ3v) is 4.09. The van der Waals surface area contributed by atoms with Crippen LogP contribution in [-0.2, 0) is 6.54 Å². The van der Waals surface area contributed by atoms with E-state index in [2.05, 4.69) is 17.2 Å². The fourth-order valence-electron chi connectivity index (χ4n) is 2.57. The summed E-state index contributed by atoms with van der Waals surface area (Å²) in [7, 11) is 0. The largest absolute Gasteiger partial charge is 0.494 e. The Labute approximate surface area is 165 Å². The maximum Gasteiger partial charge on any atom is 0.251 e. The standard InChI is InChI=1S/C23H24N2O3/c1-2-3-15-27-20-12-10-19(11-13-20)23(26)25-17-18-7-6-8-21(16-18)28-22-9-4-5-14-24-22/h4-14,16H,2-3,15,17H2,1H3,(H,25,26). The van der Waals surface area contributed by atoms with Crippen LogP contribution in [0.15, 0.2) is 72.9 Å². The predicted octanol–water partition coefficient (Wildman–Crippen LogP) is 4.98. The van der Waals surface area contributed by atoms with E-state index in [1.54, 1.807) is 24.4 Å². The van der Waals surface area contributed by atoms with Gasteiger partial charge in [-0.2, -0.15) is 0 Å². The Balaban J connectivity index is 1.53. The number of pyridine rings is 1. The molecule has 0 saturated heterocycles. The molecule has 0 bridgehead atoms. The molecule has 1 heterocycles. The van der Waals surface area contributed by atoms with Gasteiger partial charge in [-0.3, -0.25) is 4.79 Å². The van der Waals surface area contributed by atoms with Crippen LogP contribution in [0.2, 0.25) is 0 Å². The summed E-state index contributed by atoms with van der Waals surface area (Å²) in [5.74, 6) is 1.87. The summed E-state index contributed by atoms with van der Waals surface area (Å²) in [6.45, 7) is 3.23. The van der Waals surface area contributed by atoms with Crippen molar-refractivity contribution in [2.45, 2.75) is 26.3 Å². The summed E-state index contributed by atoms with van der Waals surface area (Å²) < 4.78 is 11.3. The summed E-state index contributed by atoms with van der Waals surface area (Å²) in [6, 6.07) is 20.3. The van der Waals surface area contributed by atoms with Gasteiger partial charge in [-0.25, -0.2) is 4.98 Å². The topological polar surface area (TPSA) is 60.5 Å². The fourth-order valence-corrected chi connectivity index (χ4v) is 2.57. The number of aromatic nitrogens is 1. The van der Waals surface area contributed by atoms with Crippen LogP contribution in [0.4, 0.5) is 0 Å². The van der Waals surface area contributed by atoms with Gasteiger partial charge in [0.1, 0.15) is 11.5 Å². The second-order valence-corrected chi connectivity index (χ2v) is 6.33. The molecular formula is C23H24N2O3. The zero-order valence-corrected chi connectivity index (χ0v) is 15.9. The van der Waals surface area contributed by atoms with Gasteiger partial charge < -0.3 is 14.8 Å². The van der Waals surface area contributed by atoms with E-state index in [9.17, 15) is 4.79 Å². The van der Waals surface area contributed by atoms with Crippen LogP contribution in [0.1, 0.15) is 35.7 Å². The van der Waals surface area contributed by atoms with Gasteiger partial charge >= 0.3 is 0 Å². The Morgan fingerprint density at radius 1 is 1.00 bits per heavy atom. The number of unbranched alkanes of at least 4 members (excludes halogenated alkanes) is 1. The van der Waals surface area contributed by atoms with Crippen molar-refractivity contribution in [2.75, 3.05) is 6.61 Å². The number of carbonyl (C=O) groups is 1. The van der Waals surface area contributed by atoms with Crippen molar-refractivity contribution in [1.82, 2.24) is 10.3 Å². The molecule has 0 unspecified atom stereocenters. The van der Waals surface area contributed by atoms with E-state index in [-0.39, 0.29) is 5.91 Å². The van der Waals surface area contributed by atoms with Crippen molar-refractivity contribution in [3.8, 4) is 17.4 Å². The summed E-state index contributed by atoms with van der Waals surface area (Å²) in [5, 5.41) is 2.93. The van der Waals surface area contributed by atoms with Gasteiger partial charge in [-0.05, 0) is 54.4 Å². The molecule has 5 nitrogen and oxygen atoms in total. The third kappa shape index (κ3) is 5.84. The van der Waals surface area contributed by atoms with Crippen LogP contribution in [-0.4, -0.2) is 17.5 Å². The number of benzene rings is 2. The van der Waals surface area contributed by atoms with E-state index in [0.717, 1.165) is 24.2 Å². The number of carbonyl (C=O) groups excluding carboxylic acids is 1. The lowest BCUT2D eigenvalue weighted by Crippen LogP contribution is -2.22. The third-order valence-electron chi connectivity index (χ3n) is 4.09. The zero-order valence-electron chi connectivity index (χ0n) is 15.9. The molecule has 0 aliphatic carbocycles. The van der Waals surface area contributed by atoms with E-state index in [1.165, 1.54) is 0 Å². The Morgan fingerprint density at radius 2 is 1.86 bits per heavy atom. The average molecular weight is 376 g/mol. The number of hydrogen-bond acceptors (Lipinski definition) is 4. The molecular weight excluding hydrogens is 352 g/mol. The van der Waals surface area contributed by atoms with Gasteiger partial charge in [0.05, 0.1) is 6.61 Å². The highest BCUT2D eigenvalue weighted by Gasteiger charge is 2.06. The normalized spacial score (nSPS) is 10.3. The van der Waals surface area contributed by atoms with Gasteiger partial charge in [0.2, 0.25) is 5.88 Å². The first-order valence-corrected chi connectivity index (χ1v) is 9.43. The molecule has 1 amide bonds. The molecule has 2 aromatic carbocycles.